The molecule has 1 unspecified atom stereocenters. The van der Waals surface area contributed by atoms with Gasteiger partial charge in [-0.25, -0.2) is 9.97 Å². The van der Waals surface area contributed by atoms with Crippen LogP contribution in [0.1, 0.15) is 46.1 Å². The van der Waals surface area contributed by atoms with Crippen LogP contribution >= 0.6 is 0 Å². The molecule has 0 bridgehead atoms. The molecule has 0 spiro atoms. The SMILES string of the molecule is COc1ccc(OC2CCN(c3nc4c(c(C)c3C)C(=O)N(C)C4CO)CC2)cn1. The van der Waals surface area contributed by atoms with E-state index < -0.39 is 0 Å². The number of pyridine rings is 2. The first-order valence-corrected chi connectivity index (χ1v) is 10.2. The Hall–Kier alpha value is -2.87. The number of aliphatic hydroxyl groups excluding tert-OH is 1. The second-order valence-electron chi connectivity index (χ2n) is 7.90. The van der Waals surface area contributed by atoms with Crippen LogP contribution in [0, 0.1) is 13.8 Å². The van der Waals surface area contributed by atoms with Gasteiger partial charge in [-0.15, -0.1) is 0 Å². The van der Waals surface area contributed by atoms with Crippen molar-refractivity contribution in [2.45, 2.75) is 38.8 Å². The van der Waals surface area contributed by atoms with Crippen molar-refractivity contribution in [3.8, 4) is 11.6 Å². The Morgan fingerprint density at radius 3 is 2.53 bits per heavy atom. The highest BCUT2D eigenvalue weighted by Gasteiger charge is 2.38. The summed E-state index contributed by atoms with van der Waals surface area (Å²) < 4.78 is 11.2. The van der Waals surface area contributed by atoms with Gasteiger partial charge in [0.1, 0.15) is 17.7 Å². The minimum Gasteiger partial charge on any atom is -0.489 e. The normalized spacial score (nSPS) is 19.2. The van der Waals surface area contributed by atoms with Crippen LogP contribution in [0.4, 0.5) is 5.82 Å². The zero-order valence-electron chi connectivity index (χ0n) is 17.9. The van der Waals surface area contributed by atoms with E-state index in [-0.39, 0.29) is 24.7 Å². The number of ether oxygens (including phenoxy) is 2. The van der Waals surface area contributed by atoms with Crippen molar-refractivity contribution >= 4 is 11.7 Å². The van der Waals surface area contributed by atoms with Crippen LogP contribution in [0.2, 0.25) is 0 Å². The van der Waals surface area contributed by atoms with E-state index in [1.54, 1.807) is 31.3 Å². The van der Waals surface area contributed by atoms with Gasteiger partial charge >= 0.3 is 0 Å². The number of aromatic nitrogens is 2. The number of piperidine rings is 1. The maximum Gasteiger partial charge on any atom is 0.256 e. The van der Waals surface area contributed by atoms with E-state index in [1.165, 1.54) is 0 Å². The number of nitrogens with zero attached hydrogens (tertiary/aromatic N) is 4. The van der Waals surface area contributed by atoms with E-state index in [4.69, 9.17) is 14.5 Å². The fraction of sp³-hybridized carbons (Fsp3) is 0.500. The van der Waals surface area contributed by atoms with Gasteiger partial charge in [0.15, 0.2) is 0 Å². The molecule has 1 atom stereocenters. The second kappa shape index (κ2) is 8.10. The number of hydrogen-bond acceptors (Lipinski definition) is 7. The number of aliphatic hydroxyl groups is 1. The van der Waals surface area contributed by atoms with Crippen LogP contribution in [0.25, 0.3) is 0 Å². The maximum absolute atomic E-state index is 12.6. The molecule has 4 heterocycles. The van der Waals surface area contributed by atoms with E-state index in [0.29, 0.717) is 17.1 Å². The van der Waals surface area contributed by atoms with Crippen molar-refractivity contribution < 1.29 is 19.4 Å². The fourth-order valence-electron chi connectivity index (χ4n) is 4.27. The molecule has 8 heteroatoms. The first-order valence-electron chi connectivity index (χ1n) is 10.2. The van der Waals surface area contributed by atoms with Crippen LogP contribution < -0.4 is 14.4 Å². The Bertz CT molecular complexity index is 939. The summed E-state index contributed by atoms with van der Waals surface area (Å²) in [4.78, 5) is 25.5. The Kier molecular flexibility index (Phi) is 5.51. The lowest BCUT2D eigenvalue weighted by molar-refractivity contribution is 0.0714. The molecule has 2 aromatic heterocycles. The first-order chi connectivity index (χ1) is 14.4. The Morgan fingerprint density at radius 2 is 1.93 bits per heavy atom. The average molecular weight is 412 g/mol. The summed E-state index contributed by atoms with van der Waals surface area (Å²) in [5.41, 5.74) is 3.30. The summed E-state index contributed by atoms with van der Waals surface area (Å²) in [6.45, 7) is 5.48. The van der Waals surface area contributed by atoms with Crippen molar-refractivity contribution in [1.82, 2.24) is 14.9 Å². The molecule has 4 rings (SSSR count). The lowest BCUT2D eigenvalue weighted by Crippen LogP contribution is -2.39. The molecular weight excluding hydrogens is 384 g/mol. The van der Waals surface area contributed by atoms with Crippen molar-refractivity contribution in [2.24, 2.45) is 0 Å². The van der Waals surface area contributed by atoms with Gasteiger partial charge in [0.05, 0.1) is 37.2 Å². The molecule has 160 valence electrons. The number of anilines is 1. The minimum atomic E-state index is -0.381. The summed E-state index contributed by atoms with van der Waals surface area (Å²) >= 11 is 0. The first kappa shape index (κ1) is 20.4. The van der Waals surface area contributed by atoms with Gasteiger partial charge in [0.25, 0.3) is 5.91 Å². The highest BCUT2D eigenvalue weighted by molar-refractivity contribution is 6.00. The molecular formula is C22H28N4O4. The molecule has 0 radical (unpaired) electrons. The lowest BCUT2D eigenvalue weighted by atomic mass is 10.00. The number of amides is 1. The Morgan fingerprint density at radius 1 is 1.20 bits per heavy atom. The molecule has 1 fully saturated rings. The summed E-state index contributed by atoms with van der Waals surface area (Å²) in [7, 11) is 3.31. The number of carbonyl (C=O) groups is 1. The highest BCUT2D eigenvalue weighted by atomic mass is 16.5. The van der Waals surface area contributed by atoms with Gasteiger partial charge in [-0.3, -0.25) is 4.79 Å². The number of methoxy groups -OCH3 is 1. The van der Waals surface area contributed by atoms with Crippen molar-refractivity contribution in [3.05, 3.63) is 40.7 Å². The number of rotatable bonds is 5. The predicted molar refractivity (Wildman–Crippen MR) is 112 cm³/mol. The summed E-state index contributed by atoms with van der Waals surface area (Å²) in [5.74, 6) is 2.14. The van der Waals surface area contributed by atoms with E-state index in [1.807, 2.05) is 19.9 Å². The zero-order valence-corrected chi connectivity index (χ0v) is 17.9. The molecule has 0 aliphatic carbocycles. The lowest BCUT2D eigenvalue weighted by Gasteiger charge is -2.34. The fourth-order valence-corrected chi connectivity index (χ4v) is 4.27. The van der Waals surface area contributed by atoms with Crippen molar-refractivity contribution in [3.63, 3.8) is 0 Å². The van der Waals surface area contributed by atoms with Crippen molar-refractivity contribution in [1.29, 1.82) is 0 Å². The molecule has 30 heavy (non-hydrogen) atoms. The van der Waals surface area contributed by atoms with Gasteiger partial charge < -0.3 is 24.4 Å². The van der Waals surface area contributed by atoms with Crippen molar-refractivity contribution in [2.75, 3.05) is 38.8 Å². The molecule has 2 aromatic rings. The third kappa shape index (κ3) is 3.45. The Labute approximate surface area is 176 Å². The molecule has 1 saturated heterocycles. The van der Waals surface area contributed by atoms with E-state index in [9.17, 15) is 9.90 Å². The minimum absolute atomic E-state index is 0.0658. The summed E-state index contributed by atoms with van der Waals surface area (Å²) in [6.07, 6.45) is 3.53. The van der Waals surface area contributed by atoms with E-state index in [0.717, 1.165) is 48.6 Å². The van der Waals surface area contributed by atoms with Crippen LogP contribution in [-0.4, -0.2) is 65.8 Å². The number of fused-ring (bicyclic) bond motifs is 1. The van der Waals surface area contributed by atoms with E-state index in [2.05, 4.69) is 9.88 Å². The number of likely N-dealkylation sites (N-methyl/N-ethyl adjacent to an activating group) is 1. The molecule has 1 amide bonds. The quantitative estimate of drug-likeness (QED) is 0.806. The average Bonchev–Trinajstić information content (AvgIpc) is 3.01. The van der Waals surface area contributed by atoms with Gasteiger partial charge in [-0.2, -0.15) is 0 Å². The number of carbonyl (C=O) groups excluding carboxylic acids is 1. The van der Waals surface area contributed by atoms with Crippen LogP contribution in [0.3, 0.4) is 0 Å². The standard InChI is InChI=1S/C22H28N4O4/c1-13-14(2)21(24-20-17(12-27)25(3)22(28)19(13)20)26-9-7-15(8-10-26)30-16-5-6-18(29-4)23-11-16/h5-6,11,15,17,27H,7-10,12H2,1-4H3. The molecule has 1 N–H and O–H groups in total. The molecule has 2 aliphatic rings. The van der Waals surface area contributed by atoms with Crippen LogP contribution in [0.5, 0.6) is 11.6 Å². The zero-order chi connectivity index (χ0) is 21.4. The maximum atomic E-state index is 12.6. The van der Waals surface area contributed by atoms with Gasteiger partial charge in [-0.1, -0.05) is 0 Å². The monoisotopic (exact) mass is 412 g/mol. The second-order valence-corrected chi connectivity index (χ2v) is 7.90. The molecule has 0 aromatic carbocycles. The number of hydrogen-bond donors (Lipinski definition) is 1. The highest BCUT2D eigenvalue weighted by Crippen LogP contribution is 2.37. The molecule has 0 saturated carbocycles. The third-order valence-electron chi connectivity index (χ3n) is 6.21. The van der Waals surface area contributed by atoms with Crippen LogP contribution in [0.15, 0.2) is 18.3 Å². The van der Waals surface area contributed by atoms with Crippen LogP contribution in [-0.2, 0) is 0 Å². The third-order valence-corrected chi connectivity index (χ3v) is 6.21. The summed E-state index contributed by atoms with van der Waals surface area (Å²) in [5, 5.41) is 9.79. The van der Waals surface area contributed by atoms with Gasteiger partial charge in [0.2, 0.25) is 5.88 Å². The predicted octanol–water partition coefficient (Wildman–Crippen LogP) is 2.27. The smallest absolute Gasteiger partial charge is 0.256 e. The van der Waals surface area contributed by atoms with E-state index >= 15 is 0 Å². The molecule has 2 aliphatic heterocycles. The largest absolute Gasteiger partial charge is 0.489 e. The van der Waals surface area contributed by atoms with Gasteiger partial charge in [0, 0.05) is 39.0 Å². The summed E-state index contributed by atoms with van der Waals surface area (Å²) in [6, 6.07) is 3.28. The molecule has 8 nitrogen and oxygen atoms in total. The Balaban J connectivity index is 1.49. The van der Waals surface area contributed by atoms with Gasteiger partial charge in [-0.05, 0) is 31.0 Å². The topological polar surface area (TPSA) is 88.0 Å².